The predicted molar refractivity (Wildman–Crippen MR) is 96.6 cm³/mol. The first kappa shape index (κ1) is 18.2. The highest BCUT2D eigenvalue weighted by Crippen LogP contribution is 2.23. The molecule has 2 rings (SSSR count). The van der Waals surface area contributed by atoms with E-state index in [1.165, 1.54) is 11.8 Å². The van der Waals surface area contributed by atoms with Crippen LogP contribution in [-0.2, 0) is 11.3 Å². The number of allylic oxidation sites excluding steroid dienone is 1. The number of hydrogen-bond donors (Lipinski definition) is 1. The van der Waals surface area contributed by atoms with Gasteiger partial charge in [0.2, 0.25) is 5.91 Å². The van der Waals surface area contributed by atoms with Gasteiger partial charge in [0.05, 0.1) is 5.75 Å². The molecule has 6 nitrogen and oxygen atoms in total. The van der Waals surface area contributed by atoms with Crippen molar-refractivity contribution in [2.45, 2.75) is 38.5 Å². The van der Waals surface area contributed by atoms with E-state index in [9.17, 15) is 4.79 Å². The van der Waals surface area contributed by atoms with E-state index in [4.69, 9.17) is 0 Å². The molecule has 0 aliphatic carbocycles. The van der Waals surface area contributed by atoms with Gasteiger partial charge in [-0.25, -0.2) is 0 Å². The lowest BCUT2D eigenvalue weighted by Gasteiger charge is -2.17. The minimum atomic E-state index is -0.000172. The van der Waals surface area contributed by atoms with Gasteiger partial charge in [-0.2, -0.15) is 0 Å². The van der Waals surface area contributed by atoms with Gasteiger partial charge < -0.3 is 5.32 Å². The highest BCUT2D eigenvalue weighted by molar-refractivity contribution is 7.99. The number of thioether (sulfide) groups is 1. The minimum Gasteiger partial charge on any atom is -0.353 e. The fourth-order valence-electron chi connectivity index (χ4n) is 2.00. The van der Waals surface area contributed by atoms with Crippen molar-refractivity contribution < 1.29 is 4.79 Å². The van der Waals surface area contributed by atoms with Gasteiger partial charge in [-0.15, -0.1) is 16.8 Å². The number of carbonyl (C=O) groups excluding carboxylic acids is 1. The van der Waals surface area contributed by atoms with Crippen LogP contribution >= 0.6 is 11.8 Å². The molecule has 0 aromatic carbocycles. The summed E-state index contributed by atoms with van der Waals surface area (Å²) in [6.45, 7) is 10.5. The lowest BCUT2D eigenvalue weighted by atomic mass is 10.1. The molecule has 128 valence electrons. The molecule has 0 saturated heterocycles. The zero-order chi connectivity index (χ0) is 17.5. The SMILES string of the molecule is C=CCn1c(SCC(=O)N[C@@H](C)C(C)C)nnc1-c1ccncc1. The van der Waals surface area contributed by atoms with Gasteiger partial charge in [0.25, 0.3) is 0 Å². The maximum Gasteiger partial charge on any atom is 0.230 e. The number of nitrogens with zero attached hydrogens (tertiary/aromatic N) is 4. The zero-order valence-corrected chi connectivity index (χ0v) is 15.1. The summed E-state index contributed by atoms with van der Waals surface area (Å²) in [4.78, 5) is 16.1. The second-order valence-electron chi connectivity index (χ2n) is 5.83. The van der Waals surface area contributed by atoms with Crippen molar-refractivity contribution in [2.24, 2.45) is 5.92 Å². The quantitative estimate of drug-likeness (QED) is 0.588. The van der Waals surface area contributed by atoms with Gasteiger partial charge in [-0.3, -0.25) is 14.3 Å². The first-order chi connectivity index (χ1) is 11.5. The Morgan fingerprint density at radius 3 is 2.67 bits per heavy atom. The number of nitrogens with one attached hydrogen (secondary N) is 1. The van der Waals surface area contributed by atoms with E-state index in [2.05, 4.69) is 40.9 Å². The molecule has 0 bridgehead atoms. The Hall–Kier alpha value is -2.15. The first-order valence-electron chi connectivity index (χ1n) is 7.89. The standard InChI is InChI=1S/C17H23N5OS/c1-5-10-22-16(14-6-8-18-9-7-14)20-21-17(22)24-11-15(23)19-13(4)12(2)3/h5-9,12-13H,1,10-11H2,2-4H3,(H,19,23)/t13-/m0/s1. The molecule has 0 unspecified atom stereocenters. The van der Waals surface area contributed by atoms with E-state index in [0.717, 1.165) is 11.4 Å². The molecule has 0 aliphatic rings. The predicted octanol–water partition coefficient (Wildman–Crippen LogP) is 2.78. The third kappa shape index (κ3) is 4.67. The fraction of sp³-hybridized carbons (Fsp3) is 0.412. The molecule has 2 aromatic heterocycles. The van der Waals surface area contributed by atoms with Crippen LogP contribution in [-0.4, -0.2) is 37.5 Å². The van der Waals surface area contributed by atoms with E-state index < -0.39 is 0 Å². The molecular weight excluding hydrogens is 322 g/mol. The number of aromatic nitrogens is 4. The zero-order valence-electron chi connectivity index (χ0n) is 14.3. The summed E-state index contributed by atoms with van der Waals surface area (Å²) in [5, 5.41) is 12.2. The van der Waals surface area contributed by atoms with E-state index in [-0.39, 0.29) is 11.9 Å². The van der Waals surface area contributed by atoms with Crippen molar-refractivity contribution in [3.8, 4) is 11.4 Å². The topological polar surface area (TPSA) is 72.7 Å². The van der Waals surface area contributed by atoms with Crippen LogP contribution in [0.5, 0.6) is 0 Å². The summed E-state index contributed by atoms with van der Waals surface area (Å²) < 4.78 is 1.95. The van der Waals surface area contributed by atoms with Gasteiger partial charge in [0.15, 0.2) is 11.0 Å². The van der Waals surface area contributed by atoms with Crippen molar-refractivity contribution in [3.63, 3.8) is 0 Å². The smallest absolute Gasteiger partial charge is 0.230 e. The van der Waals surface area contributed by atoms with E-state index >= 15 is 0 Å². The number of amides is 1. The average molecular weight is 345 g/mol. The van der Waals surface area contributed by atoms with Crippen molar-refractivity contribution >= 4 is 17.7 Å². The van der Waals surface area contributed by atoms with Crippen LogP contribution in [0.2, 0.25) is 0 Å². The molecular formula is C17H23N5OS. The van der Waals surface area contributed by atoms with Crippen molar-refractivity contribution in [3.05, 3.63) is 37.2 Å². The summed E-state index contributed by atoms with van der Waals surface area (Å²) in [5.41, 5.74) is 0.934. The van der Waals surface area contributed by atoms with Crippen LogP contribution in [0.3, 0.4) is 0 Å². The third-order valence-corrected chi connectivity index (χ3v) is 4.65. The molecule has 0 saturated carbocycles. The molecule has 24 heavy (non-hydrogen) atoms. The second-order valence-corrected chi connectivity index (χ2v) is 6.77. The van der Waals surface area contributed by atoms with Crippen LogP contribution < -0.4 is 5.32 Å². The highest BCUT2D eigenvalue weighted by atomic mass is 32.2. The maximum absolute atomic E-state index is 12.1. The lowest BCUT2D eigenvalue weighted by Crippen LogP contribution is -2.37. The van der Waals surface area contributed by atoms with E-state index in [0.29, 0.717) is 23.4 Å². The number of rotatable bonds is 8. The van der Waals surface area contributed by atoms with Crippen LogP contribution in [0.25, 0.3) is 11.4 Å². The summed E-state index contributed by atoms with van der Waals surface area (Å²) in [7, 11) is 0. The Morgan fingerprint density at radius 1 is 1.33 bits per heavy atom. The summed E-state index contributed by atoms with van der Waals surface area (Å²) in [6.07, 6.45) is 5.23. The van der Waals surface area contributed by atoms with Crippen LogP contribution in [0.4, 0.5) is 0 Å². The van der Waals surface area contributed by atoms with Crippen molar-refractivity contribution in [1.29, 1.82) is 0 Å². The second kappa shape index (κ2) is 8.63. The van der Waals surface area contributed by atoms with Crippen LogP contribution in [0.15, 0.2) is 42.3 Å². The van der Waals surface area contributed by atoms with Gasteiger partial charge in [-0.1, -0.05) is 31.7 Å². The fourth-order valence-corrected chi connectivity index (χ4v) is 2.75. The average Bonchev–Trinajstić information content (AvgIpc) is 2.97. The summed E-state index contributed by atoms with van der Waals surface area (Å²) in [5.74, 6) is 1.46. The molecule has 7 heteroatoms. The molecule has 2 heterocycles. The van der Waals surface area contributed by atoms with Gasteiger partial charge >= 0.3 is 0 Å². The van der Waals surface area contributed by atoms with Gasteiger partial charge in [-0.05, 0) is 25.0 Å². The van der Waals surface area contributed by atoms with Gasteiger partial charge in [0, 0.05) is 30.5 Å². The molecule has 2 aromatic rings. The molecule has 0 spiro atoms. The Kier molecular flexibility index (Phi) is 6.54. The molecule has 0 radical (unpaired) electrons. The Bertz CT molecular complexity index is 684. The number of hydrogen-bond acceptors (Lipinski definition) is 5. The summed E-state index contributed by atoms with van der Waals surface area (Å²) in [6, 6.07) is 3.92. The normalized spacial score (nSPS) is 12.2. The number of carbonyl (C=O) groups is 1. The molecule has 0 fully saturated rings. The summed E-state index contributed by atoms with van der Waals surface area (Å²) >= 11 is 1.38. The third-order valence-electron chi connectivity index (χ3n) is 3.69. The molecule has 1 N–H and O–H groups in total. The van der Waals surface area contributed by atoms with E-state index in [1.54, 1.807) is 18.5 Å². The minimum absolute atomic E-state index is 0.000172. The van der Waals surface area contributed by atoms with E-state index in [1.807, 2.05) is 23.6 Å². The van der Waals surface area contributed by atoms with Crippen LogP contribution in [0.1, 0.15) is 20.8 Å². The Morgan fingerprint density at radius 2 is 2.04 bits per heavy atom. The van der Waals surface area contributed by atoms with Crippen LogP contribution in [0, 0.1) is 5.92 Å². The Balaban J connectivity index is 2.09. The van der Waals surface area contributed by atoms with Crippen molar-refractivity contribution in [1.82, 2.24) is 25.1 Å². The monoisotopic (exact) mass is 345 g/mol. The maximum atomic E-state index is 12.1. The molecule has 1 amide bonds. The molecule has 1 atom stereocenters. The van der Waals surface area contributed by atoms with Gasteiger partial charge in [0.1, 0.15) is 0 Å². The Labute approximate surface area is 146 Å². The lowest BCUT2D eigenvalue weighted by molar-refractivity contribution is -0.119. The first-order valence-corrected chi connectivity index (χ1v) is 8.88. The molecule has 0 aliphatic heterocycles. The number of pyridine rings is 1. The largest absolute Gasteiger partial charge is 0.353 e. The highest BCUT2D eigenvalue weighted by Gasteiger charge is 2.16. The van der Waals surface area contributed by atoms with Crippen molar-refractivity contribution in [2.75, 3.05) is 5.75 Å².